The molecule has 2 saturated heterocycles. The van der Waals surface area contributed by atoms with E-state index in [0.717, 1.165) is 12.5 Å². The zero-order valence-electron chi connectivity index (χ0n) is 39.1. The summed E-state index contributed by atoms with van der Waals surface area (Å²) in [6, 6.07) is 6.81. The first kappa shape index (κ1) is 47.2. The van der Waals surface area contributed by atoms with Gasteiger partial charge in [0.2, 0.25) is 0 Å². The van der Waals surface area contributed by atoms with Crippen LogP contribution in [-0.4, -0.2) is 109 Å². The van der Waals surface area contributed by atoms with Crippen LogP contribution in [0.4, 0.5) is 27.8 Å². The van der Waals surface area contributed by atoms with E-state index in [-0.39, 0.29) is 119 Å². The smallest absolute Gasteiger partial charge is 0.319 e. The molecule has 0 spiro atoms. The number of anilines is 1. The number of aryl methyl sites for hydroxylation is 1. The van der Waals surface area contributed by atoms with Gasteiger partial charge in [-0.2, -0.15) is 15.1 Å². The minimum absolute atomic E-state index is 0.00402. The number of hydrogen-bond donors (Lipinski definition) is 0. The number of hydrogen-bond acceptors (Lipinski definition) is 9. The molecule has 352 valence electrons. The number of aromatic nitrogens is 4. The Morgan fingerprint density at radius 2 is 1.68 bits per heavy atom. The Morgan fingerprint density at radius 1 is 0.939 bits per heavy atom. The van der Waals surface area contributed by atoms with Crippen LogP contribution in [0.5, 0.6) is 11.8 Å². The molecule has 8 rings (SSSR count). The van der Waals surface area contributed by atoms with Crippen molar-refractivity contribution in [1.29, 1.82) is 0 Å². The van der Waals surface area contributed by atoms with Crippen LogP contribution in [0.3, 0.4) is 0 Å². The number of methoxy groups -OCH3 is 1. The number of carbonyl (C=O) groups is 1. The zero-order chi connectivity index (χ0) is 47.4. The average molecular weight is 932 g/mol. The predicted molar refractivity (Wildman–Crippen MR) is 247 cm³/mol. The summed E-state index contributed by atoms with van der Waals surface area (Å²) in [5, 5.41) is 4.88. The molecule has 0 aliphatic carbocycles. The molecular formula is C49H58F5N7O4Si. The van der Waals surface area contributed by atoms with Gasteiger partial charge in [0.1, 0.15) is 49.6 Å². The largest absolute Gasteiger partial charge is 0.468 e. The first-order chi connectivity index (χ1) is 31.4. The molecule has 0 unspecified atom stereocenters. The lowest BCUT2D eigenvalue weighted by molar-refractivity contribution is 0.0512. The number of fused-ring (bicyclic) bond motifs is 4. The molecule has 1 amide bonds. The van der Waals surface area contributed by atoms with E-state index in [1.165, 1.54) is 49.0 Å². The number of benzene rings is 3. The summed E-state index contributed by atoms with van der Waals surface area (Å²) in [7, 11) is 2.02. The number of amides is 1. The van der Waals surface area contributed by atoms with Crippen molar-refractivity contribution in [1.82, 2.24) is 29.5 Å². The Labute approximate surface area is 383 Å². The number of ether oxygens (including phenoxy) is 3. The van der Waals surface area contributed by atoms with Gasteiger partial charge in [0.25, 0.3) is 5.91 Å². The van der Waals surface area contributed by atoms with Gasteiger partial charge < -0.3 is 24.0 Å². The second-order valence-corrected chi connectivity index (χ2v) is 24.7. The van der Waals surface area contributed by atoms with Gasteiger partial charge in [0.05, 0.1) is 28.9 Å². The minimum Gasteiger partial charge on any atom is -0.468 e. The molecule has 0 saturated carbocycles. The topological polar surface area (TPSA) is 98.1 Å². The van der Waals surface area contributed by atoms with Crippen LogP contribution in [-0.2, 0) is 17.8 Å². The number of rotatable bonds is 12. The van der Waals surface area contributed by atoms with Crippen molar-refractivity contribution in [2.75, 3.05) is 59.1 Å². The minimum atomic E-state index is -2.43. The van der Waals surface area contributed by atoms with E-state index in [9.17, 15) is 9.18 Å². The lowest BCUT2D eigenvalue weighted by Crippen LogP contribution is -2.43. The van der Waals surface area contributed by atoms with Gasteiger partial charge in [0.15, 0.2) is 24.1 Å². The molecule has 0 radical (unpaired) electrons. The van der Waals surface area contributed by atoms with Crippen LogP contribution < -0.4 is 14.4 Å². The maximum absolute atomic E-state index is 18.0. The second kappa shape index (κ2) is 18.4. The van der Waals surface area contributed by atoms with Crippen LogP contribution >= 0.6 is 0 Å². The van der Waals surface area contributed by atoms with Gasteiger partial charge in [-0.15, -0.1) is 5.54 Å². The Kier molecular flexibility index (Phi) is 13.2. The third-order valence-electron chi connectivity index (χ3n) is 14.0. The SMILES string of the molecule is COCOc1cc(-c2c(F)cc3c(N4CCCn5nc(C(=O)N(C)C)c(F)c5C4)nc(OC[C@@]45CCCN4C[C@H](F)C5)nc3c2F)c2c(C#C[Si](C(C)C)(C(C)C)C(C)C)c(F)ccc2c1. The standard InChI is InChI=1S/C49H58F5N7O4Si/c1-28(2)66(29(3)4,30(5)6)19-14-34-37(51)13-12-31-20-33(65-27-63-9)21-35(40(31)34)41-38(52)22-36-44(43(41)54)55-48(64-26-49-15-10-17-60(49)24-32(50)23-49)56-46(36)59-16-11-18-61-39(25-59)42(53)45(57-61)47(62)58(7)8/h12-13,20-22,28-30,32H,10-11,15-18,23-27H2,1-9H3/t32-,49+/m1/s1. The van der Waals surface area contributed by atoms with E-state index < -0.39 is 54.5 Å². The van der Waals surface area contributed by atoms with E-state index in [1.54, 1.807) is 11.0 Å². The molecule has 0 N–H and O–H groups in total. The van der Waals surface area contributed by atoms with E-state index in [4.69, 9.17) is 19.2 Å². The summed E-state index contributed by atoms with van der Waals surface area (Å²) in [6.07, 6.45) is 1.17. The molecule has 5 heterocycles. The molecule has 11 nitrogen and oxygen atoms in total. The second-order valence-electron chi connectivity index (χ2n) is 19.1. The van der Waals surface area contributed by atoms with Gasteiger partial charge in [-0.1, -0.05) is 53.5 Å². The molecule has 5 aromatic rings. The van der Waals surface area contributed by atoms with Crippen molar-refractivity contribution in [3.63, 3.8) is 0 Å². The maximum atomic E-state index is 18.0. The summed E-state index contributed by atoms with van der Waals surface area (Å²) in [5.74, 6) is -0.651. The van der Waals surface area contributed by atoms with E-state index in [0.29, 0.717) is 24.8 Å². The van der Waals surface area contributed by atoms with E-state index >= 15 is 17.6 Å². The molecule has 3 aliphatic heterocycles. The van der Waals surface area contributed by atoms with Crippen molar-refractivity contribution in [3.8, 4) is 34.4 Å². The van der Waals surface area contributed by atoms with Crippen LogP contribution in [0.1, 0.15) is 89.0 Å². The Bertz CT molecular complexity index is 2730. The highest BCUT2D eigenvalue weighted by Crippen LogP contribution is 2.45. The number of halogens is 5. The van der Waals surface area contributed by atoms with Crippen molar-refractivity contribution < 1.29 is 41.0 Å². The van der Waals surface area contributed by atoms with Crippen molar-refractivity contribution in [2.24, 2.45) is 0 Å². The van der Waals surface area contributed by atoms with Crippen LogP contribution in [0.15, 0.2) is 30.3 Å². The lowest BCUT2D eigenvalue weighted by atomic mass is 9.92. The number of nitrogens with zero attached hydrogens (tertiary/aromatic N) is 7. The summed E-state index contributed by atoms with van der Waals surface area (Å²) in [5.41, 5.74) is 2.58. The fourth-order valence-corrected chi connectivity index (χ4v) is 16.1. The van der Waals surface area contributed by atoms with Gasteiger partial charge in [-0.25, -0.2) is 22.0 Å². The first-order valence-corrected chi connectivity index (χ1v) is 25.0. The summed E-state index contributed by atoms with van der Waals surface area (Å²) < 4.78 is 101. The molecule has 2 atom stereocenters. The highest BCUT2D eigenvalue weighted by molar-refractivity contribution is 6.90. The average Bonchev–Trinajstić information content (AvgIpc) is 3.84. The summed E-state index contributed by atoms with van der Waals surface area (Å²) in [6.45, 7) is 14.1. The first-order valence-electron chi connectivity index (χ1n) is 22.8. The highest BCUT2D eigenvalue weighted by atomic mass is 28.3. The summed E-state index contributed by atoms with van der Waals surface area (Å²) >= 11 is 0. The number of carbonyl (C=O) groups excluding carboxylic acids is 1. The van der Waals surface area contributed by atoms with Gasteiger partial charge in [-0.05, 0) is 72.1 Å². The molecule has 3 aliphatic rings. The fraction of sp³-hybridized carbons (Fsp3) is 0.510. The van der Waals surface area contributed by atoms with Crippen molar-refractivity contribution in [3.05, 3.63) is 70.6 Å². The van der Waals surface area contributed by atoms with Gasteiger partial charge >= 0.3 is 6.01 Å². The normalized spacial score (nSPS) is 18.9. The quantitative estimate of drug-likeness (QED) is 0.0525. The lowest BCUT2D eigenvalue weighted by Gasteiger charge is -2.38. The van der Waals surface area contributed by atoms with Gasteiger partial charge in [-0.3, -0.25) is 14.4 Å². The maximum Gasteiger partial charge on any atom is 0.319 e. The monoisotopic (exact) mass is 931 g/mol. The van der Waals surface area contributed by atoms with E-state index in [1.807, 2.05) is 0 Å². The molecule has 2 fully saturated rings. The van der Waals surface area contributed by atoms with Gasteiger partial charge in [0, 0.05) is 63.6 Å². The highest BCUT2D eigenvalue weighted by Gasteiger charge is 2.49. The number of alkyl halides is 1. The Hall–Kier alpha value is -5.31. The molecule has 2 aromatic heterocycles. The Morgan fingerprint density at radius 3 is 2.38 bits per heavy atom. The van der Waals surface area contributed by atoms with Crippen LogP contribution in [0.25, 0.3) is 32.8 Å². The molecular weight excluding hydrogens is 874 g/mol. The Balaban J connectivity index is 1.35. The van der Waals surface area contributed by atoms with Crippen molar-refractivity contribution >= 4 is 41.5 Å². The van der Waals surface area contributed by atoms with Crippen LogP contribution in [0.2, 0.25) is 16.6 Å². The molecule has 66 heavy (non-hydrogen) atoms. The third-order valence-corrected chi connectivity index (χ3v) is 20.3. The van der Waals surface area contributed by atoms with Crippen LogP contribution in [0, 0.1) is 34.7 Å². The summed E-state index contributed by atoms with van der Waals surface area (Å²) in [4.78, 5) is 27.2. The predicted octanol–water partition coefficient (Wildman–Crippen LogP) is 9.82. The molecule has 0 bridgehead atoms. The van der Waals surface area contributed by atoms with Crippen molar-refractivity contribution in [2.45, 2.75) is 109 Å². The zero-order valence-corrected chi connectivity index (χ0v) is 40.1. The molecule has 3 aromatic carbocycles. The molecule has 17 heteroatoms. The van der Waals surface area contributed by atoms with E-state index in [2.05, 4.69) is 68.0 Å². The fourth-order valence-electron chi connectivity index (χ4n) is 10.9. The third kappa shape index (κ3) is 8.27.